The Hall–Kier alpha value is -1.01. The number of aromatic amines is 1. The molecule has 2 heterocycles. The van der Waals surface area contributed by atoms with Gasteiger partial charge in [-0.2, -0.15) is 16.9 Å². The SMILES string of the molecule is O=C(CC1CSCCN1)NC1CCCc2cn[nH]c21. The van der Waals surface area contributed by atoms with Crippen LogP contribution in [0.3, 0.4) is 0 Å². The van der Waals surface area contributed by atoms with Crippen LogP contribution < -0.4 is 10.6 Å². The van der Waals surface area contributed by atoms with E-state index in [2.05, 4.69) is 20.8 Å². The van der Waals surface area contributed by atoms with Gasteiger partial charge in [-0.05, 0) is 24.8 Å². The molecule has 1 saturated heterocycles. The van der Waals surface area contributed by atoms with Gasteiger partial charge in [0.15, 0.2) is 0 Å². The van der Waals surface area contributed by atoms with Crippen LogP contribution in [0.2, 0.25) is 0 Å². The van der Waals surface area contributed by atoms with E-state index in [1.54, 1.807) is 0 Å². The lowest BCUT2D eigenvalue weighted by Gasteiger charge is -2.26. The number of aromatic nitrogens is 2. The maximum Gasteiger partial charge on any atom is 0.222 e. The van der Waals surface area contributed by atoms with Crippen LogP contribution in [-0.2, 0) is 11.2 Å². The quantitative estimate of drug-likeness (QED) is 0.772. The minimum atomic E-state index is 0.120. The molecule has 0 radical (unpaired) electrons. The number of hydrogen-bond acceptors (Lipinski definition) is 4. The number of carbonyl (C=O) groups excluding carboxylic acids is 1. The van der Waals surface area contributed by atoms with Gasteiger partial charge in [0.05, 0.1) is 17.9 Å². The van der Waals surface area contributed by atoms with Crippen molar-refractivity contribution in [1.82, 2.24) is 20.8 Å². The van der Waals surface area contributed by atoms with E-state index in [4.69, 9.17) is 0 Å². The summed E-state index contributed by atoms with van der Waals surface area (Å²) in [5.41, 5.74) is 2.36. The van der Waals surface area contributed by atoms with E-state index in [1.807, 2.05) is 18.0 Å². The van der Waals surface area contributed by atoms with Gasteiger partial charge in [0.1, 0.15) is 0 Å². The van der Waals surface area contributed by atoms with Gasteiger partial charge in [-0.3, -0.25) is 9.89 Å². The smallest absolute Gasteiger partial charge is 0.222 e. The van der Waals surface area contributed by atoms with Crippen molar-refractivity contribution in [1.29, 1.82) is 0 Å². The first-order chi connectivity index (χ1) is 9.33. The molecule has 1 fully saturated rings. The van der Waals surface area contributed by atoms with Gasteiger partial charge in [-0.25, -0.2) is 0 Å². The summed E-state index contributed by atoms with van der Waals surface area (Å²) in [4.78, 5) is 12.1. The lowest BCUT2D eigenvalue weighted by Crippen LogP contribution is -2.42. The number of rotatable bonds is 3. The maximum absolute atomic E-state index is 12.1. The standard InChI is InChI=1S/C13H20N4OS/c18-12(6-10-8-19-5-4-14-10)16-11-3-1-2-9-7-15-17-13(9)11/h7,10-11,14H,1-6,8H2,(H,15,17)(H,16,18). The van der Waals surface area contributed by atoms with Crippen LogP contribution in [0.5, 0.6) is 0 Å². The molecule has 1 aliphatic carbocycles. The second-order valence-electron chi connectivity index (χ2n) is 5.25. The molecule has 3 N–H and O–H groups in total. The molecule has 2 atom stereocenters. The van der Waals surface area contributed by atoms with Gasteiger partial charge >= 0.3 is 0 Å². The number of carbonyl (C=O) groups is 1. The second-order valence-corrected chi connectivity index (χ2v) is 6.40. The van der Waals surface area contributed by atoms with E-state index >= 15 is 0 Å². The minimum absolute atomic E-state index is 0.120. The van der Waals surface area contributed by atoms with Crippen LogP contribution in [0.4, 0.5) is 0 Å². The molecule has 0 saturated carbocycles. The third-order valence-electron chi connectivity index (χ3n) is 3.80. The molecule has 1 aromatic heterocycles. The van der Waals surface area contributed by atoms with Crippen molar-refractivity contribution in [2.24, 2.45) is 0 Å². The summed E-state index contributed by atoms with van der Waals surface area (Å²) in [5, 5.41) is 13.7. The largest absolute Gasteiger partial charge is 0.348 e. The summed E-state index contributed by atoms with van der Waals surface area (Å²) in [5.74, 6) is 2.33. The van der Waals surface area contributed by atoms with E-state index in [0.717, 1.165) is 43.0 Å². The topological polar surface area (TPSA) is 69.8 Å². The van der Waals surface area contributed by atoms with Crippen molar-refractivity contribution in [3.8, 4) is 0 Å². The van der Waals surface area contributed by atoms with Crippen molar-refractivity contribution in [3.63, 3.8) is 0 Å². The summed E-state index contributed by atoms with van der Waals surface area (Å²) in [7, 11) is 0. The maximum atomic E-state index is 12.1. The summed E-state index contributed by atoms with van der Waals surface area (Å²) in [6.07, 6.45) is 5.65. The van der Waals surface area contributed by atoms with Crippen molar-refractivity contribution in [3.05, 3.63) is 17.5 Å². The van der Waals surface area contributed by atoms with Gasteiger partial charge in [0, 0.05) is 30.5 Å². The Bertz CT molecular complexity index is 442. The molecule has 3 rings (SSSR count). The van der Waals surface area contributed by atoms with Crippen LogP contribution in [0.15, 0.2) is 6.20 Å². The van der Waals surface area contributed by atoms with Gasteiger partial charge in [-0.1, -0.05) is 0 Å². The van der Waals surface area contributed by atoms with Crippen LogP contribution in [0, 0.1) is 0 Å². The Morgan fingerprint density at radius 3 is 3.37 bits per heavy atom. The zero-order chi connectivity index (χ0) is 13.1. The molecule has 104 valence electrons. The molecule has 5 nitrogen and oxygen atoms in total. The highest BCUT2D eigenvalue weighted by Crippen LogP contribution is 2.27. The molecular weight excluding hydrogens is 260 g/mol. The van der Waals surface area contributed by atoms with Gasteiger partial charge in [0.25, 0.3) is 0 Å². The number of nitrogens with zero attached hydrogens (tertiary/aromatic N) is 1. The zero-order valence-electron chi connectivity index (χ0n) is 10.9. The fourth-order valence-electron chi connectivity index (χ4n) is 2.84. The summed E-state index contributed by atoms with van der Waals surface area (Å²) >= 11 is 1.92. The number of amides is 1. The molecular formula is C13H20N4OS. The number of nitrogens with one attached hydrogen (secondary N) is 3. The Kier molecular flexibility index (Phi) is 4.08. The predicted molar refractivity (Wildman–Crippen MR) is 76.1 cm³/mol. The molecule has 6 heteroatoms. The van der Waals surface area contributed by atoms with E-state index < -0.39 is 0 Å². The Morgan fingerprint density at radius 2 is 2.53 bits per heavy atom. The fourth-order valence-corrected chi connectivity index (χ4v) is 3.78. The molecule has 1 aromatic rings. The van der Waals surface area contributed by atoms with Crippen molar-refractivity contribution >= 4 is 17.7 Å². The van der Waals surface area contributed by atoms with E-state index in [1.165, 1.54) is 5.56 Å². The van der Waals surface area contributed by atoms with E-state index in [0.29, 0.717) is 12.5 Å². The molecule has 0 spiro atoms. The third-order valence-corrected chi connectivity index (χ3v) is 4.94. The molecule has 0 bridgehead atoms. The highest BCUT2D eigenvalue weighted by Gasteiger charge is 2.25. The molecule has 1 aliphatic heterocycles. The molecule has 19 heavy (non-hydrogen) atoms. The average molecular weight is 280 g/mol. The van der Waals surface area contributed by atoms with Gasteiger partial charge < -0.3 is 10.6 Å². The first kappa shape index (κ1) is 13.0. The Morgan fingerprint density at radius 1 is 1.58 bits per heavy atom. The van der Waals surface area contributed by atoms with Crippen LogP contribution >= 0.6 is 11.8 Å². The molecule has 2 aliphatic rings. The van der Waals surface area contributed by atoms with Crippen LogP contribution in [0.1, 0.15) is 36.6 Å². The third kappa shape index (κ3) is 3.12. The zero-order valence-corrected chi connectivity index (χ0v) is 11.8. The van der Waals surface area contributed by atoms with E-state index in [9.17, 15) is 4.79 Å². The molecule has 1 amide bonds. The molecule has 0 aromatic carbocycles. The second kappa shape index (κ2) is 5.96. The number of aryl methyl sites for hydroxylation is 1. The number of fused-ring (bicyclic) bond motifs is 1. The normalized spacial score (nSPS) is 26.7. The lowest BCUT2D eigenvalue weighted by atomic mass is 9.93. The van der Waals surface area contributed by atoms with Crippen LogP contribution in [-0.4, -0.2) is 40.2 Å². The number of thioether (sulfide) groups is 1. The van der Waals surface area contributed by atoms with Crippen molar-refractivity contribution in [2.75, 3.05) is 18.1 Å². The summed E-state index contributed by atoms with van der Waals surface area (Å²) in [6, 6.07) is 0.443. The number of H-pyrrole nitrogens is 1. The fraction of sp³-hybridized carbons (Fsp3) is 0.692. The minimum Gasteiger partial charge on any atom is -0.348 e. The Labute approximate surface area is 117 Å². The first-order valence-electron chi connectivity index (χ1n) is 6.95. The van der Waals surface area contributed by atoms with Crippen molar-refractivity contribution < 1.29 is 4.79 Å². The van der Waals surface area contributed by atoms with E-state index in [-0.39, 0.29) is 11.9 Å². The highest BCUT2D eigenvalue weighted by atomic mass is 32.2. The first-order valence-corrected chi connectivity index (χ1v) is 8.11. The summed E-state index contributed by atoms with van der Waals surface area (Å²) < 4.78 is 0. The van der Waals surface area contributed by atoms with Gasteiger partial charge in [-0.15, -0.1) is 0 Å². The average Bonchev–Trinajstić information content (AvgIpc) is 2.89. The van der Waals surface area contributed by atoms with Crippen molar-refractivity contribution in [2.45, 2.75) is 37.8 Å². The van der Waals surface area contributed by atoms with Crippen LogP contribution in [0.25, 0.3) is 0 Å². The lowest BCUT2D eigenvalue weighted by molar-refractivity contribution is -0.122. The number of hydrogen-bond donors (Lipinski definition) is 3. The Balaban J connectivity index is 1.55. The summed E-state index contributed by atoms with van der Waals surface area (Å²) in [6.45, 7) is 1.01. The highest BCUT2D eigenvalue weighted by molar-refractivity contribution is 7.99. The monoisotopic (exact) mass is 280 g/mol. The predicted octanol–water partition coefficient (Wildman–Crippen LogP) is 0.998. The molecule has 2 unspecified atom stereocenters. The van der Waals surface area contributed by atoms with Gasteiger partial charge in [0.2, 0.25) is 5.91 Å².